The summed E-state index contributed by atoms with van der Waals surface area (Å²) in [7, 11) is 0. The van der Waals surface area contributed by atoms with Crippen molar-refractivity contribution in [3.63, 3.8) is 0 Å². The van der Waals surface area contributed by atoms with Crippen LogP contribution in [0.4, 0.5) is 0 Å². The first-order valence-corrected chi connectivity index (χ1v) is 8.34. The lowest BCUT2D eigenvalue weighted by molar-refractivity contribution is -0.142. The lowest BCUT2D eigenvalue weighted by Crippen LogP contribution is -2.54. The number of primary amides is 1. The van der Waals surface area contributed by atoms with E-state index in [9.17, 15) is 29.1 Å². The summed E-state index contributed by atoms with van der Waals surface area (Å²) < 4.78 is 0. The van der Waals surface area contributed by atoms with Crippen LogP contribution >= 0.6 is 0 Å². The highest BCUT2D eigenvalue weighted by molar-refractivity contribution is 5.94. The summed E-state index contributed by atoms with van der Waals surface area (Å²) >= 11 is 0. The quantitative estimate of drug-likeness (QED) is 0.234. The van der Waals surface area contributed by atoms with Crippen molar-refractivity contribution in [2.75, 3.05) is 13.1 Å². The van der Waals surface area contributed by atoms with Gasteiger partial charge in [-0.1, -0.05) is 30.3 Å². The molecule has 2 atom stereocenters. The van der Waals surface area contributed by atoms with Crippen molar-refractivity contribution in [3.05, 3.63) is 35.9 Å². The number of rotatable bonds is 11. The second kappa shape index (κ2) is 11.3. The summed E-state index contributed by atoms with van der Waals surface area (Å²) in [6, 6.07) is 5.94. The van der Waals surface area contributed by atoms with Crippen LogP contribution in [-0.4, -0.2) is 59.9 Å². The fourth-order valence-corrected chi connectivity index (χ4v) is 2.23. The molecule has 1 rings (SSSR count). The summed E-state index contributed by atoms with van der Waals surface area (Å²) in [5.41, 5.74) is 10.9. The van der Waals surface area contributed by atoms with E-state index in [4.69, 9.17) is 11.5 Å². The first-order valence-electron chi connectivity index (χ1n) is 8.34. The van der Waals surface area contributed by atoms with Crippen molar-refractivity contribution < 1.29 is 29.1 Å². The smallest absolute Gasteiger partial charge is 0.326 e. The molecule has 0 saturated heterocycles. The number of nitrogens with two attached hydrogens (primary N) is 2. The number of benzene rings is 1. The van der Waals surface area contributed by atoms with Gasteiger partial charge in [-0.25, -0.2) is 4.79 Å². The molecule has 4 amide bonds. The third kappa shape index (κ3) is 8.27. The third-order valence-electron chi connectivity index (χ3n) is 3.59. The van der Waals surface area contributed by atoms with Gasteiger partial charge in [0.15, 0.2) is 0 Å². The van der Waals surface area contributed by atoms with Gasteiger partial charge in [-0.05, 0) is 5.56 Å². The zero-order chi connectivity index (χ0) is 21.1. The van der Waals surface area contributed by atoms with Gasteiger partial charge in [-0.2, -0.15) is 0 Å². The molecular weight excluding hydrogens is 370 g/mol. The molecule has 2 unspecified atom stereocenters. The Labute approximate surface area is 160 Å². The minimum absolute atomic E-state index is 0.00566. The van der Waals surface area contributed by atoms with Crippen LogP contribution in [0.25, 0.3) is 0 Å². The van der Waals surface area contributed by atoms with Crippen LogP contribution in [0, 0.1) is 0 Å². The standard InChI is InChI=1S/C17H23N5O6/c18-8-14(24)20-9-15(25)21-11(7-13(19)23)16(26)22-12(17(27)28)6-10-4-2-1-3-5-10/h1-5,11-12H,6-9,18H2,(H2,19,23)(H,20,24)(H,21,25)(H,22,26)(H,27,28). The van der Waals surface area contributed by atoms with Crippen LogP contribution in [0.2, 0.25) is 0 Å². The molecule has 8 N–H and O–H groups in total. The van der Waals surface area contributed by atoms with E-state index in [2.05, 4.69) is 16.0 Å². The molecule has 152 valence electrons. The number of amides is 4. The normalized spacial score (nSPS) is 12.3. The number of hydrogen-bond acceptors (Lipinski definition) is 6. The number of nitrogens with one attached hydrogen (secondary N) is 3. The van der Waals surface area contributed by atoms with E-state index in [1.807, 2.05) is 0 Å². The Balaban J connectivity index is 2.77. The number of carbonyl (C=O) groups excluding carboxylic acids is 4. The molecule has 0 spiro atoms. The lowest BCUT2D eigenvalue weighted by atomic mass is 10.1. The van der Waals surface area contributed by atoms with E-state index < -0.39 is 54.6 Å². The molecule has 11 heteroatoms. The zero-order valence-corrected chi connectivity index (χ0v) is 15.0. The maximum Gasteiger partial charge on any atom is 0.326 e. The first-order chi connectivity index (χ1) is 13.2. The maximum atomic E-state index is 12.4. The van der Waals surface area contributed by atoms with E-state index in [0.29, 0.717) is 5.56 Å². The van der Waals surface area contributed by atoms with Crippen LogP contribution < -0.4 is 27.4 Å². The number of aliphatic carboxylic acids is 1. The fourth-order valence-electron chi connectivity index (χ4n) is 2.23. The highest BCUT2D eigenvalue weighted by Gasteiger charge is 2.28. The molecule has 28 heavy (non-hydrogen) atoms. The largest absolute Gasteiger partial charge is 0.480 e. The molecule has 11 nitrogen and oxygen atoms in total. The SMILES string of the molecule is NCC(=O)NCC(=O)NC(CC(N)=O)C(=O)NC(Cc1ccccc1)C(=O)O. The summed E-state index contributed by atoms with van der Waals surface area (Å²) in [6.45, 7) is -0.788. The van der Waals surface area contributed by atoms with Crippen LogP contribution in [-0.2, 0) is 30.4 Å². The maximum absolute atomic E-state index is 12.4. The van der Waals surface area contributed by atoms with Crippen molar-refractivity contribution in [1.29, 1.82) is 0 Å². The Hall–Kier alpha value is -3.47. The second-order valence-corrected chi connectivity index (χ2v) is 5.86. The summed E-state index contributed by atoms with van der Waals surface area (Å²) in [5, 5.41) is 16.1. The van der Waals surface area contributed by atoms with Crippen molar-refractivity contribution in [2.45, 2.75) is 24.9 Å². The highest BCUT2D eigenvalue weighted by Crippen LogP contribution is 2.04. The van der Waals surface area contributed by atoms with Gasteiger partial charge in [0, 0.05) is 6.42 Å². The Morgan fingerprint density at radius 2 is 1.61 bits per heavy atom. The van der Waals surface area contributed by atoms with Crippen LogP contribution in [0.1, 0.15) is 12.0 Å². The first kappa shape index (κ1) is 22.6. The summed E-state index contributed by atoms with van der Waals surface area (Å²) in [6.07, 6.45) is -0.536. The molecular formula is C17H23N5O6. The topological polar surface area (TPSA) is 194 Å². The van der Waals surface area contributed by atoms with E-state index >= 15 is 0 Å². The van der Waals surface area contributed by atoms with Crippen LogP contribution in [0.3, 0.4) is 0 Å². The van der Waals surface area contributed by atoms with Gasteiger partial charge in [0.1, 0.15) is 12.1 Å². The second-order valence-electron chi connectivity index (χ2n) is 5.86. The van der Waals surface area contributed by atoms with Gasteiger partial charge >= 0.3 is 5.97 Å². The number of carboxylic acids is 1. The predicted octanol–water partition coefficient (Wildman–Crippen LogP) is -2.77. The number of hydrogen-bond donors (Lipinski definition) is 6. The monoisotopic (exact) mass is 393 g/mol. The minimum atomic E-state index is -1.39. The van der Waals surface area contributed by atoms with Crippen LogP contribution in [0.5, 0.6) is 0 Å². The molecule has 0 radical (unpaired) electrons. The van der Waals surface area contributed by atoms with Crippen molar-refractivity contribution in [3.8, 4) is 0 Å². The van der Waals surface area contributed by atoms with Crippen LogP contribution in [0.15, 0.2) is 30.3 Å². The Morgan fingerprint density at radius 1 is 0.964 bits per heavy atom. The molecule has 0 heterocycles. The Bertz CT molecular complexity index is 724. The Morgan fingerprint density at radius 3 is 2.14 bits per heavy atom. The van der Waals surface area contributed by atoms with E-state index in [1.165, 1.54) is 0 Å². The number of carboxylic acid groups (broad SMARTS) is 1. The summed E-state index contributed by atoms with van der Waals surface area (Å²) in [4.78, 5) is 58.0. The average Bonchev–Trinajstić information content (AvgIpc) is 2.65. The molecule has 0 aliphatic heterocycles. The van der Waals surface area contributed by atoms with Crippen molar-refractivity contribution in [1.82, 2.24) is 16.0 Å². The zero-order valence-electron chi connectivity index (χ0n) is 15.0. The van der Waals surface area contributed by atoms with Gasteiger partial charge < -0.3 is 32.5 Å². The average molecular weight is 393 g/mol. The number of carbonyl (C=O) groups is 5. The fraction of sp³-hybridized carbons (Fsp3) is 0.353. The molecule has 0 aliphatic rings. The Kier molecular flexibility index (Phi) is 9.10. The van der Waals surface area contributed by atoms with E-state index in [1.54, 1.807) is 30.3 Å². The predicted molar refractivity (Wildman–Crippen MR) is 97.5 cm³/mol. The van der Waals surface area contributed by atoms with Crippen molar-refractivity contribution in [2.24, 2.45) is 11.5 Å². The summed E-state index contributed by atoms with van der Waals surface area (Å²) in [5.74, 6) is -4.39. The van der Waals surface area contributed by atoms with Gasteiger partial charge in [-0.15, -0.1) is 0 Å². The highest BCUT2D eigenvalue weighted by atomic mass is 16.4. The molecule has 0 fully saturated rings. The molecule has 0 aromatic heterocycles. The minimum Gasteiger partial charge on any atom is -0.480 e. The molecule has 0 bridgehead atoms. The molecule has 0 saturated carbocycles. The molecule has 1 aromatic rings. The lowest BCUT2D eigenvalue weighted by Gasteiger charge is -2.21. The van der Waals surface area contributed by atoms with Gasteiger partial charge in [0.05, 0.1) is 19.5 Å². The van der Waals surface area contributed by atoms with E-state index in [0.717, 1.165) is 0 Å². The van der Waals surface area contributed by atoms with Gasteiger partial charge in [0.25, 0.3) is 0 Å². The van der Waals surface area contributed by atoms with Gasteiger partial charge in [0.2, 0.25) is 23.6 Å². The van der Waals surface area contributed by atoms with E-state index in [-0.39, 0.29) is 13.0 Å². The third-order valence-corrected chi connectivity index (χ3v) is 3.59. The molecule has 1 aromatic carbocycles. The molecule has 0 aliphatic carbocycles. The van der Waals surface area contributed by atoms with Gasteiger partial charge in [-0.3, -0.25) is 19.2 Å². The van der Waals surface area contributed by atoms with Crippen molar-refractivity contribution >= 4 is 29.6 Å².